The Morgan fingerprint density at radius 3 is 2.63 bits per heavy atom. The van der Waals surface area contributed by atoms with Crippen molar-refractivity contribution in [2.24, 2.45) is 0 Å². The molecular formula is C14H18N2O3. The lowest BCUT2D eigenvalue weighted by molar-refractivity contribution is -0.144. The number of para-hydroxylation sites is 1. The Morgan fingerprint density at radius 2 is 2.00 bits per heavy atom. The van der Waals surface area contributed by atoms with Crippen LogP contribution in [0.4, 0.5) is 5.69 Å². The van der Waals surface area contributed by atoms with Gasteiger partial charge in [0.15, 0.2) is 0 Å². The summed E-state index contributed by atoms with van der Waals surface area (Å²) in [5.41, 5.74) is 1.09. The van der Waals surface area contributed by atoms with Crippen LogP contribution in [0.5, 0.6) is 0 Å². The molecule has 0 radical (unpaired) electrons. The number of hydrogen-bond donors (Lipinski definition) is 0. The van der Waals surface area contributed by atoms with Gasteiger partial charge in [-0.2, -0.15) is 0 Å². The van der Waals surface area contributed by atoms with Crippen LogP contribution in [-0.4, -0.2) is 37.1 Å². The molecule has 0 N–H and O–H groups in total. The first-order chi connectivity index (χ1) is 9.11. The van der Waals surface area contributed by atoms with Crippen LogP contribution in [0.3, 0.4) is 0 Å². The highest BCUT2D eigenvalue weighted by atomic mass is 16.7. The quantitative estimate of drug-likeness (QED) is 0.817. The van der Waals surface area contributed by atoms with Gasteiger partial charge in [0.2, 0.25) is 5.91 Å². The van der Waals surface area contributed by atoms with Gasteiger partial charge < -0.3 is 4.90 Å². The zero-order chi connectivity index (χ0) is 13.8. The largest absolute Gasteiger partial charge is 0.315 e. The first-order valence-corrected chi connectivity index (χ1v) is 6.39. The van der Waals surface area contributed by atoms with Gasteiger partial charge in [-0.25, -0.2) is 5.06 Å². The molecule has 1 aromatic rings. The summed E-state index contributed by atoms with van der Waals surface area (Å²) in [6.07, 6.45) is 1.91. The van der Waals surface area contributed by atoms with Crippen LogP contribution in [0.2, 0.25) is 0 Å². The number of nitrogens with zero attached hydrogens (tertiary/aromatic N) is 2. The van der Waals surface area contributed by atoms with Crippen LogP contribution >= 0.6 is 0 Å². The van der Waals surface area contributed by atoms with Gasteiger partial charge >= 0.3 is 0 Å². The van der Waals surface area contributed by atoms with Crippen molar-refractivity contribution in [1.29, 1.82) is 0 Å². The van der Waals surface area contributed by atoms with E-state index in [1.54, 1.807) is 25.2 Å². The van der Waals surface area contributed by atoms with Gasteiger partial charge in [0.25, 0.3) is 5.91 Å². The number of rotatable bonds is 2. The van der Waals surface area contributed by atoms with Gasteiger partial charge in [-0.1, -0.05) is 12.1 Å². The van der Waals surface area contributed by atoms with Crippen LogP contribution in [0.25, 0.3) is 0 Å². The van der Waals surface area contributed by atoms with E-state index < -0.39 is 0 Å². The van der Waals surface area contributed by atoms with Gasteiger partial charge in [0.1, 0.15) is 0 Å². The molecule has 0 bridgehead atoms. The van der Waals surface area contributed by atoms with E-state index in [-0.39, 0.29) is 11.8 Å². The highest BCUT2D eigenvalue weighted by Crippen LogP contribution is 2.22. The Bertz CT molecular complexity index is 481. The predicted molar refractivity (Wildman–Crippen MR) is 71.7 cm³/mol. The Hall–Kier alpha value is -1.88. The number of anilines is 1. The molecule has 2 rings (SSSR count). The molecule has 5 nitrogen and oxygen atoms in total. The fraction of sp³-hybridized carbons (Fsp3) is 0.429. The highest BCUT2D eigenvalue weighted by Gasteiger charge is 2.23. The first kappa shape index (κ1) is 13.5. The molecule has 1 aliphatic rings. The topological polar surface area (TPSA) is 49.9 Å². The molecule has 0 aliphatic carbocycles. The second-order valence-electron chi connectivity index (χ2n) is 4.54. The molecular weight excluding hydrogens is 244 g/mol. The third-order valence-corrected chi connectivity index (χ3v) is 3.20. The van der Waals surface area contributed by atoms with E-state index in [9.17, 15) is 9.59 Å². The summed E-state index contributed by atoms with van der Waals surface area (Å²) in [7, 11) is 1.66. The molecule has 1 heterocycles. The fourth-order valence-corrected chi connectivity index (χ4v) is 2.01. The molecule has 0 atom stereocenters. The minimum absolute atomic E-state index is 0.111. The summed E-state index contributed by atoms with van der Waals surface area (Å²) in [6, 6.07) is 7.07. The second kappa shape index (κ2) is 5.84. The molecule has 0 aromatic heterocycles. The summed E-state index contributed by atoms with van der Waals surface area (Å²) in [4.78, 5) is 30.7. The smallest absolute Gasteiger partial charge is 0.279 e. The summed E-state index contributed by atoms with van der Waals surface area (Å²) < 4.78 is 0. The van der Waals surface area contributed by atoms with E-state index in [1.807, 2.05) is 6.07 Å². The maximum absolute atomic E-state index is 12.4. The maximum Gasteiger partial charge on any atom is 0.279 e. The summed E-state index contributed by atoms with van der Waals surface area (Å²) in [5.74, 6) is -0.303. The number of carbonyl (C=O) groups is 2. The fourth-order valence-electron chi connectivity index (χ4n) is 2.01. The number of carbonyl (C=O) groups excluding carboxylic acids is 2. The minimum atomic E-state index is -0.191. The normalized spacial score (nSPS) is 15.2. The average Bonchev–Trinajstić information content (AvgIpc) is 2.46. The van der Waals surface area contributed by atoms with E-state index in [1.165, 1.54) is 16.9 Å². The lowest BCUT2D eigenvalue weighted by Crippen LogP contribution is -2.37. The van der Waals surface area contributed by atoms with Gasteiger partial charge in [0.05, 0.1) is 17.9 Å². The molecule has 102 valence electrons. The van der Waals surface area contributed by atoms with E-state index in [2.05, 4.69) is 0 Å². The van der Waals surface area contributed by atoms with Crippen molar-refractivity contribution in [3.05, 3.63) is 29.8 Å². The van der Waals surface area contributed by atoms with Crippen LogP contribution < -0.4 is 4.90 Å². The highest BCUT2D eigenvalue weighted by molar-refractivity contribution is 6.03. The molecule has 1 aliphatic heterocycles. The van der Waals surface area contributed by atoms with Crippen molar-refractivity contribution >= 4 is 17.5 Å². The van der Waals surface area contributed by atoms with Crippen LogP contribution in [0, 0.1) is 0 Å². The average molecular weight is 262 g/mol. The second-order valence-corrected chi connectivity index (χ2v) is 4.54. The van der Waals surface area contributed by atoms with Crippen molar-refractivity contribution in [2.45, 2.75) is 19.8 Å². The predicted octanol–water partition coefficient (Wildman–Crippen LogP) is 1.84. The standard InChI is InChI=1S/C14H18N2O3/c1-11(17)15(2)13-8-4-3-7-12(13)14(18)16-9-5-6-10-19-16/h3-4,7-8H,5-6,9-10H2,1-2H3. The molecule has 2 amide bonds. The zero-order valence-electron chi connectivity index (χ0n) is 11.3. The molecule has 1 fully saturated rings. The van der Waals surface area contributed by atoms with Gasteiger partial charge in [-0.15, -0.1) is 0 Å². The van der Waals surface area contributed by atoms with Crippen molar-refractivity contribution in [2.75, 3.05) is 25.1 Å². The lowest BCUT2D eigenvalue weighted by atomic mass is 10.1. The van der Waals surface area contributed by atoms with Crippen LogP contribution in [0.15, 0.2) is 24.3 Å². The third-order valence-electron chi connectivity index (χ3n) is 3.20. The number of amides is 2. The van der Waals surface area contributed by atoms with E-state index in [0.717, 1.165) is 12.8 Å². The van der Waals surface area contributed by atoms with E-state index in [4.69, 9.17) is 4.84 Å². The summed E-state index contributed by atoms with van der Waals surface area (Å²) in [6.45, 7) is 2.63. The van der Waals surface area contributed by atoms with Crippen molar-refractivity contribution < 1.29 is 14.4 Å². The molecule has 0 saturated carbocycles. The number of benzene rings is 1. The van der Waals surface area contributed by atoms with Crippen molar-refractivity contribution in [1.82, 2.24) is 5.06 Å². The lowest BCUT2D eigenvalue weighted by Gasteiger charge is -2.27. The number of hydrogen-bond acceptors (Lipinski definition) is 3. The number of hydroxylamine groups is 2. The Balaban J connectivity index is 2.28. The van der Waals surface area contributed by atoms with Gasteiger partial charge in [-0.05, 0) is 25.0 Å². The van der Waals surface area contributed by atoms with E-state index in [0.29, 0.717) is 24.4 Å². The van der Waals surface area contributed by atoms with Gasteiger partial charge in [0, 0.05) is 20.5 Å². The Kier molecular flexibility index (Phi) is 4.16. The Labute approximate surface area is 112 Å². The summed E-state index contributed by atoms with van der Waals surface area (Å²) in [5, 5.41) is 1.39. The van der Waals surface area contributed by atoms with Crippen LogP contribution in [-0.2, 0) is 9.63 Å². The zero-order valence-corrected chi connectivity index (χ0v) is 11.3. The van der Waals surface area contributed by atoms with Crippen LogP contribution in [0.1, 0.15) is 30.1 Å². The minimum Gasteiger partial charge on any atom is -0.315 e. The Morgan fingerprint density at radius 1 is 1.26 bits per heavy atom. The monoisotopic (exact) mass is 262 g/mol. The molecule has 5 heteroatoms. The molecule has 0 unspecified atom stereocenters. The molecule has 1 saturated heterocycles. The van der Waals surface area contributed by atoms with Crippen molar-refractivity contribution in [3.8, 4) is 0 Å². The van der Waals surface area contributed by atoms with E-state index >= 15 is 0 Å². The molecule has 1 aromatic carbocycles. The maximum atomic E-state index is 12.4. The molecule has 0 spiro atoms. The van der Waals surface area contributed by atoms with Crippen molar-refractivity contribution in [3.63, 3.8) is 0 Å². The SMILES string of the molecule is CC(=O)N(C)c1ccccc1C(=O)N1CCCCO1. The summed E-state index contributed by atoms with van der Waals surface area (Å²) >= 11 is 0. The third kappa shape index (κ3) is 2.93. The first-order valence-electron chi connectivity index (χ1n) is 6.39. The van der Waals surface area contributed by atoms with Gasteiger partial charge in [-0.3, -0.25) is 14.4 Å². The molecule has 19 heavy (non-hydrogen) atoms.